The lowest BCUT2D eigenvalue weighted by molar-refractivity contribution is 0.0531. The molecule has 2 rings (SSSR count). The first-order chi connectivity index (χ1) is 9.70. The third-order valence-corrected chi connectivity index (χ3v) is 2.81. The SMILES string of the molecule is CCOc1ccc(CNCc2ccnn2C(F)F)cc1.Cl. The lowest BCUT2D eigenvalue weighted by Crippen LogP contribution is -2.16. The third-order valence-electron chi connectivity index (χ3n) is 2.81. The van der Waals surface area contributed by atoms with Gasteiger partial charge in [0.1, 0.15) is 5.75 Å². The van der Waals surface area contributed by atoms with Crippen LogP contribution in [0.5, 0.6) is 5.75 Å². The standard InChI is InChI=1S/C14H17F2N3O.ClH/c1-2-20-13-5-3-11(4-6-13)9-17-10-12-7-8-18-19(12)14(15)16;/h3-8,14,17H,2,9-10H2,1H3;1H. The van der Waals surface area contributed by atoms with E-state index in [0.717, 1.165) is 11.3 Å². The van der Waals surface area contributed by atoms with Crippen LogP contribution in [0.15, 0.2) is 36.5 Å². The van der Waals surface area contributed by atoms with Crippen molar-refractivity contribution in [1.82, 2.24) is 15.1 Å². The average molecular weight is 318 g/mol. The molecule has 7 heteroatoms. The summed E-state index contributed by atoms with van der Waals surface area (Å²) < 4.78 is 31.2. The smallest absolute Gasteiger partial charge is 0.333 e. The van der Waals surface area contributed by atoms with Gasteiger partial charge in [0.2, 0.25) is 0 Å². The Morgan fingerprint density at radius 1 is 1.19 bits per heavy atom. The van der Waals surface area contributed by atoms with E-state index >= 15 is 0 Å². The Labute approximate surface area is 128 Å². The lowest BCUT2D eigenvalue weighted by atomic mass is 10.2. The zero-order valence-corrected chi connectivity index (χ0v) is 12.4. The number of aromatic nitrogens is 2. The first-order valence-corrected chi connectivity index (χ1v) is 6.43. The molecule has 1 N–H and O–H groups in total. The van der Waals surface area contributed by atoms with Crippen LogP contribution in [-0.2, 0) is 13.1 Å². The van der Waals surface area contributed by atoms with E-state index in [4.69, 9.17) is 4.74 Å². The minimum Gasteiger partial charge on any atom is -0.494 e. The Kier molecular flexibility index (Phi) is 7.11. The number of nitrogens with zero attached hydrogens (tertiary/aromatic N) is 2. The quantitative estimate of drug-likeness (QED) is 0.851. The fourth-order valence-electron chi connectivity index (χ4n) is 1.86. The Morgan fingerprint density at radius 3 is 2.52 bits per heavy atom. The Morgan fingerprint density at radius 2 is 1.90 bits per heavy atom. The summed E-state index contributed by atoms with van der Waals surface area (Å²) in [6.45, 7) is 0.905. The topological polar surface area (TPSA) is 39.1 Å². The van der Waals surface area contributed by atoms with Gasteiger partial charge in [0, 0.05) is 19.3 Å². The van der Waals surface area contributed by atoms with Crippen LogP contribution in [-0.4, -0.2) is 16.4 Å². The fraction of sp³-hybridized carbons (Fsp3) is 0.357. The van der Waals surface area contributed by atoms with Gasteiger partial charge in [0.25, 0.3) is 0 Å². The van der Waals surface area contributed by atoms with Gasteiger partial charge in [-0.15, -0.1) is 12.4 Å². The maximum absolute atomic E-state index is 12.6. The number of rotatable bonds is 7. The van der Waals surface area contributed by atoms with Crippen molar-refractivity contribution in [3.63, 3.8) is 0 Å². The largest absolute Gasteiger partial charge is 0.494 e. The minimum atomic E-state index is -2.60. The van der Waals surface area contributed by atoms with Gasteiger partial charge in [-0.3, -0.25) is 0 Å². The predicted molar refractivity (Wildman–Crippen MR) is 78.9 cm³/mol. The molecule has 116 valence electrons. The average Bonchev–Trinajstić information content (AvgIpc) is 2.90. The number of hydrogen-bond donors (Lipinski definition) is 1. The summed E-state index contributed by atoms with van der Waals surface area (Å²) in [7, 11) is 0. The molecule has 1 aromatic heterocycles. The molecule has 0 aliphatic rings. The molecule has 0 aliphatic heterocycles. The van der Waals surface area contributed by atoms with E-state index in [9.17, 15) is 8.78 Å². The van der Waals surface area contributed by atoms with Gasteiger partial charge in [-0.25, -0.2) is 4.68 Å². The first-order valence-electron chi connectivity index (χ1n) is 6.43. The zero-order valence-electron chi connectivity index (χ0n) is 11.6. The zero-order chi connectivity index (χ0) is 14.4. The highest BCUT2D eigenvalue weighted by molar-refractivity contribution is 5.85. The first kappa shape index (κ1) is 17.4. The molecule has 0 spiro atoms. The minimum absolute atomic E-state index is 0. The van der Waals surface area contributed by atoms with Crippen LogP contribution in [0.25, 0.3) is 0 Å². The summed E-state index contributed by atoms with van der Waals surface area (Å²) >= 11 is 0. The van der Waals surface area contributed by atoms with Gasteiger partial charge in [-0.2, -0.15) is 13.9 Å². The van der Waals surface area contributed by atoms with Crippen LogP contribution >= 0.6 is 12.4 Å². The number of alkyl halides is 2. The lowest BCUT2D eigenvalue weighted by Gasteiger charge is -2.08. The molecule has 0 bridgehead atoms. The highest BCUT2D eigenvalue weighted by Gasteiger charge is 2.10. The monoisotopic (exact) mass is 317 g/mol. The van der Waals surface area contributed by atoms with Gasteiger partial charge in [0.05, 0.1) is 12.3 Å². The summed E-state index contributed by atoms with van der Waals surface area (Å²) in [6, 6.07) is 9.26. The molecule has 1 heterocycles. The van der Waals surface area contributed by atoms with Crippen molar-refractivity contribution >= 4 is 12.4 Å². The fourth-order valence-corrected chi connectivity index (χ4v) is 1.86. The number of hydrogen-bond acceptors (Lipinski definition) is 3. The van der Waals surface area contributed by atoms with E-state index in [-0.39, 0.29) is 12.4 Å². The molecule has 0 saturated heterocycles. The molecule has 4 nitrogen and oxygen atoms in total. The third kappa shape index (κ3) is 4.99. The van der Waals surface area contributed by atoms with Crippen LogP contribution in [0, 0.1) is 0 Å². The Hall–Kier alpha value is -1.66. The molecule has 0 unspecified atom stereocenters. The van der Waals surface area contributed by atoms with E-state index in [1.165, 1.54) is 6.20 Å². The normalized spacial score (nSPS) is 10.5. The van der Waals surface area contributed by atoms with Crippen molar-refractivity contribution in [3.8, 4) is 5.75 Å². The summed E-state index contributed by atoms with van der Waals surface area (Å²) in [5.74, 6) is 0.826. The summed E-state index contributed by atoms with van der Waals surface area (Å²) in [5, 5.41) is 6.70. The number of benzene rings is 1. The van der Waals surface area contributed by atoms with Crippen molar-refractivity contribution in [1.29, 1.82) is 0 Å². The van der Waals surface area contributed by atoms with Gasteiger partial charge in [-0.1, -0.05) is 12.1 Å². The molecule has 0 fully saturated rings. The highest BCUT2D eigenvalue weighted by Crippen LogP contribution is 2.13. The maximum Gasteiger partial charge on any atom is 0.333 e. The van der Waals surface area contributed by atoms with Crippen LogP contribution in [0.1, 0.15) is 24.7 Å². The highest BCUT2D eigenvalue weighted by atomic mass is 35.5. The van der Waals surface area contributed by atoms with Crippen LogP contribution in [0.4, 0.5) is 8.78 Å². The molecule has 21 heavy (non-hydrogen) atoms. The van der Waals surface area contributed by atoms with Gasteiger partial charge < -0.3 is 10.1 Å². The second kappa shape index (κ2) is 8.59. The molecular weight excluding hydrogens is 300 g/mol. The predicted octanol–water partition coefficient (Wildman–Crippen LogP) is 3.39. The van der Waals surface area contributed by atoms with E-state index in [1.54, 1.807) is 6.07 Å². The van der Waals surface area contributed by atoms with E-state index in [0.29, 0.717) is 30.1 Å². The number of ether oxygens (including phenoxy) is 1. The van der Waals surface area contributed by atoms with Crippen molar-refractivity contribution < 1.29 is 13.5 Å². The molecular formula is C14H18ClF2N3O. The van der Waals surface area contributed by atoms with Gasteiger partial charge >= 0.3 is 6.55 Å². The molecule has 0 saturated carbocycles. The maximum atomic E-state index is 12.6. The summed E-state index contributed by atoms with van der Waals surface area (Å²) in [5.41, 5.74) is 1.53. The van der Waals surface area contributed by atoms with Crippen LogP contribution < -0.4 is 10.1 Å². The number of halogens is 3. The van der Waals surface area contributed by atoms with Crippen molar-refractivity contribution in [2.45, 2.75) is 26.6 Å². The summed E-state index contributed by atoms with van der Waals surface area (Å²) in [6.07, 6.45) is 1.38. The second-order valence-corrected chi connectivity index (χ2v) is 4.23. The van der Waals surface area contributed by atoms with Crippen molar-refractivity contribution in [3.05, 3.63) is 47.8 Å². The Balaban J connectivity index is 0.00000220. The molecule has 2 aromatic rings. The summed E-state index contributed by atoms with van der Waals surface area (Å²) in [4.78, 5) is 0. The second-order valence-electron chi connectivity index (χ2n) is 4.23. The molecule has 0 radical (unpaired) electrons. The van der Waals surface area contributed by atoms with E-state index < -0.39 is 6.55 Å². The van der Waals surface area contributed by atoms with Crippen LogP contribution in [0.3, 0.4) is 0 Å². The molecule has 1 aromatic carbocycles. The van der Waals surface area contributed by atoms with Crippen LogP contribution in [0.2, 0.25) is 0 Å². The van der Waals surface area contributed by atoms with Crippen molar-refractivity contribution in [2.24, 2.45) is 0 Å². The molecule has 0 amide bonds. The van der Waals surface area contributed by atoms with E-state index in [1.807, 2.05) is 31.2 Å². The van der Waals surface area contributed by atoms with E-state index in [2.05, 4.69) is 10.4 Å². The van der Waals surface area contributed by atoms with Gasteiger partial charge in [0.15, 0.2) is 0 Å². The molecule has 0 atom stereocenters. The molecule has 0 aliphatic carbocycles. The number of nitrogens with one attached hydrogen (secondary N) is 1. The Bertz CT molecular complexity index is 531. The van der Waals surface area contributed by atoms with Gasteiger partial charge in [-0.05, 0) is 30.7 Å². The van der Waals surface area contributed by atoms with Crippen molar-refractivity contribution in [2.75, 3.05) is 6.61 Å².